The van der Waals surface area contributed by atoms with E-state index in [0.717, 1.165) is 0 Å². The van der Waals surface area contributed by atoms with Crippen LogP contribution in [-0.2, 0) is 11.8 Å². The SMILES string of the molecule is C#CCNC(=O)C(=O)c1c(C)c(C(=O)Nc2ccc3occc3c2Cl)n(C)c1C. The van der Waals surface area contributed by atoms with E-state index in [2.05, 4.69) is 16.6 Å². The van der Waals surface area contributed by atoms with Crippen molar-refractivity contribution in [3.8, 4) is 12.3 Å². The van der Waals surface area contributed by atoms with E-state index in [1.165, 1.54) is 6.26 Å². The molecule has 1 aromatic carbocycles. The van der Waals surface area contributed by atoms with Gasteiger partial charge in [0.25, 0.3) is 17.6 Å². The van der Waals surface area contributed by atoms with Crippen molar-refractivity contribution >= 4 is 45.9 Å². The molecule has 29 heavy (non-hydrogen) atoms. The fraction of sp³-hybridized carbons (Fsp3) is 0.190. The van der Waals surface area contributed by atoms with Gasteiger partial charge in [-0.15, -0.1) is 6.42 Å². The van der Waals surface area contributed by atoms with Gasteiger partial charge in [0, 0.05) is 18.1 Å². The van der Waals surface area contributed by atoms with Gasteiger partial charge in [-0.2, -0.15) is 0 Å². The molecule has 0 radical (unpaired) electrons. The van der Waals surface area contributed by atoms with Gasteiger partial charge in [-0.05, 0) is 37.6 Å². The zero-order valence-corrected chi connectivity index (χ0v) is 16.8. The molecule has 0 unspecified atom stereocenters. The van der Waals surface area contributed by atoms with Crippen LogP contribution in [0.15, 0.2) is 28.9 Å². The van der Waals surface area contributed by atoms with Crippen molar-refractivity contribution in [3.05, 3.63) is 52.0 Å². The quantitative estimate of drug-likeness (QED) is 0.383. The Kier molecular flexibility index (Phi) is 5.48. The van der Waals surface area contributed by atoms with Crippen LogP contribution < -0.4 is 10.6 Å². The van der Waals surface area contributed by atoms with E-state index >= 15 is 0 Å². The molecule has 2 N–H and O–H groups in total. The van der Waals surface area contributed by atoms with E-state index in [9.17, 15) is 14.4 Å². The van der Waals surface area contributed by atoms with E-state index in [1.807, 2.05) is 0 Å². The summed E-state index contributed by atoms with van der Waals surface area (Å²) in [6.45, 7) is 3.22. The normalized spacial score (nSPS) is 10.6. The summed E-state index contributed by atoms with van der Waals surface area (Å²) in [5.74, 6) is 0.215. The average molecular weight is 412 g/mol. The van der Waals surface area contributed by atoms with Crippen LogP contribution in [0.5, 0.6) is 0 Å². The number of nitrogens with zero attached hydrogens (tertiary/aromatic N) is 1. The summed E-state index contributed by atoms with van der Waals surface area (Å²) in [5, 5.41) is 6.12. The highest BCUT2D eigenvalue weighted by atomic mass is 35.5. The summed E-state index contributed by atoms with van der Waals surface area (Å²) >= 11 is 6.37. The second-order valence-electron chi connectivity index (χ2n) is 6.42. The number of Topliss-reactive ketones (excluding diaryl/α,β-unsaturated/α-hetero) is 1. The van der Waals surface area contributed by atoms with E-state index in [0.29, 0.717) is 32.9 Å². The molecule has 0 atom stereocenters. The molecule has 0 aliphatic heterocycles. The number of halogens is 1. The molecular formula is C21H18ClN3O4. The van der Waals surface area contributed by atoms with Crippen molar-refractivity contribution in [2.75, 3.05) is 11.9 Å². The highest BCUT2D eigenvalue weighted by Gasteiger charge is 2.28. The number of ketones is 1. The van der Waals surface area contributed by atoms with Gasteiger partial charge in [0.05, 0.1) is 29.1 Å². The maximum atomic E-state index is 13.0. The molecule has 2 heterocycles. The number of nitrogens with one attached hydrogen (secondary N) is 2. The summed E-state index contributed by atoms with van der Waals surface area (Å²) in [6, 6.07) is 5.04. The van der Waals surface area contributed by atoms with Gasteiger partial charge >= 0.3 is 0 Å². The molecule has 7 nitrogen and oxygen atoms in total. The summed E-state index contributed by atoms with van der Waals surface area (Å²) in [5.41, 5.74) is 2.31. The standard InChI is InChI=1S/C21H18ClN3O4/c1-5-9-23-21(28)19(26)16-11(2)18(25(4)12(16)3)20(27)24-14-6-7-15-13(17(14)22)8-10-29-15/h1,6-8,10H,9H2,2-4H3,(H,23,28)(H,24,27). The molecule has 148 valence electrons. The van der Waals surface area contributed by atoms with Gasteiger partial charge in [-0.1, -0.05) is 17.5 Å². The number of furan rings is 1. The minimum atomic E-state index is -0.819. The van der Waals surface area contributed by atoms with Gasteiger partial charge in [-0.25, -0.2) is 0 Å². The summed E-state index contributed by atoms with van der Waals surface area (Å²) in [7, 11) is 1.65. The molecule has 2 amide bonds. The Morgan fingerprint density at radius 1 is 1.24 bits per heavy atom. The van der Waals surface area contributed by atoms with Crippen molar-refractivity contribution in [1.82, 2.24) is 9.88 Å². The number of hydrogen-bond donors (Lipinski definition) is 2. The van der Waals surface area contributed by atoms with Crippen molar-refractivity contribution < 1.29 is 18.8 Å². The van der Waals surface area contributed by atoms with Gasteiger partial charge < -0.3 is 19.6 Å². The molecule has 0 fully saturated rings. The van der Waals surface area contributed by atoms with Gasteiger partial charge in [0.15, 0.2) is 0 Å². The largest absolute Gasteiger partial charge is 0.464 e. The van der Waals surface area contributed by atoms with Crippen LogP contribution in [0.4, 0.5) is 5.69 Å². The zero-order chi connectivity index (χ0) is 21.3. The number of aromatic nitrogens is 1. The number of terminal acetylenes is 1. The molecule has 0 aliphatic carbocycles. The Labute approximate surface area is 172 Å². The fourth-order valence-electron chi connectivity index (χ4n) is 3.25. The Bertz CT molecular complexity index is 1200. The van der Waals surface area contributed by atoms with Gasteiger partial charge in [0.2, 0.25) is 0 Å². The fourth-order valence-corrected chi connectivity index (χ4v) is 3.51. The van der Waals surface area contributed by atoms with Crippen LogP contribution in [0.2, 0.25) is 5.02 Å². The Morgan fingerprint density at radius 2 is 1.97 bits per heavy atom. The first-order valence-corrected chi connectivity index (χ1v) is 9.04. The Balaban J connectivity index is 1.95. The predicted molar refractivity (Wildman–Crippen MR) is 110 cm³/mol. The molecule has 3 aromatic rings. The Morgan fingerprint density at radius 3 is 2.66 bits per heavy atom. The highest BCUT2D eigenvalue weighted by Crippen LogP contribution is 2.32. The first kappa shape index (κ1) is 20.2. The minimum Gasteiger partial charge on any atom is -0.464 e. The molecule has 0 spiro atoms. The molecule has 0 saturated heterocycles. The summed E-state index contributed by atoms with van der Waals surface area (Å²) in [6.07, 6.45) is 6.62. The maximum Gasteiger partial charge on any atom is 0.293 e. The number of benzene rings is 1. The third-order valence-corrected chi connectivity index (χ3v) is 5.15. The molecule has 0 bridgehead atoms. The van der Waals surface area contributed by atoms with E-state index in [4.69, 9.17) is 22.4 Å². The third-order valence-electron chi connectivity index (χ3n) is 4.75. The monoisotopic (exact) mass is 411 g/mol. The highest BCUT2D eigenvalue weighted by molar-refractivity contribution is 6.43. The van der Waals surface area contributed by atoms with Crippen LogP contribution >= 0.6 is 11.6 Å². The van der Waals surface area contributed by atoms with Gasteiger partial charge in [-0.3, -0.25) is 14.4 Å². The maximum absolute atomic E-state index is 13.0. The molecule has 2 aromatic heterocycles. The summed E-state index contributed by atoms with van der Waals surface area (Å²) < 4.78 is 6.85. The lowest BCUT2D eigenvalue weighted by Crippen LogP contribution is -2.31. The molecule has 0 saturated carbocycles. The minimum absolute atomic E-state index is 0.0577. The zero-order valence-electron chi connectivity index (χ0n) is 16.1. The second-order valence-corrected chi connectivity index (χ2v) is 6.80. The smallest absolute Gasteiger partial charge is 0.293 e. The predicted octanol–water partition coefficient (Wildman–Crippen LogP) is 3.23. The lowest BCUT2D eigenvalue weighted by atomic mass is 10.0. The van der Waals surface area contributed by atoms with E-state index in [1.54, 1.807) is 43.7 Å². The van der Waals surface area contributed by atoms with E-state index < -0.39 is 17.6 Å². The number of anilines is 1. The second kappa shape index (κ2) is 7.86. The van der Waals surface area contributed by atoms with Crippen molar-refractivity contribution in [2.24, 2.45) is 7.05 Å². The van der Waals surface area contributed by atoms with Crippen molar-refractivity contribution in [3.63, 3.8) is 0 Å². The number of amides is 2. The number of fused-ring (bicyclic) bond motifs is 1. The molecule has 8 heteroatoms. The number of carbonyl (C=O) groups is 3. The van der Waals surface area contributed by atoms with Crippen LogP contribution in [0.25, 0.3) is 11.0 Å². The van der Waals surface area contributed by atoms with Crippen molar-refractivity contribution in [1.29, 1.82) is 0 Å². The summed E-state index contributed by atoms with van der Waals surface area (Å²) in [4.78, 5) is 37.6. The van der Waals surface area contributed by atoms with Crippen LogP contribution in [0, 0.1) is 26.2 Å². The number of hydrogen-bond acceptors (Lipinski definition) is 4. The van der Waals surface area contributed by atoms with Crippen LogP contribution in [0.3, 0.4) is 0 Å². The Hall–Kier alpha value is -3.50. The molecule has 0 aliphatic rings. The average Bonchev–Trinajstić information content (AvgIpc) is 3.25. The number of carbonyl (C=O) groups excluding carboxylic acids is 3. The van der Waals surface area contributed by atoms with Crippen molar-refractivity contribution in [2.45, 2.75) is 13.8 Å². The topological polar surface area (TPSA) is 93.3 Å². The lowest BCUT2D eigenvalue weighted by Gasteiger charge is -2.10. The van der Waals surface area contributed by atoms with Crippen LogP contribution in [0.1, 0.15) is 32.1 Å². The molecular weight excluding hydrogens is 394 g/mol. The van der Waals surface area contributed by atoms with Crippen LogP contribution in [-0.4, -0.2) is 28.7 Å². The number of rotatable bonds is 5. The first-order chi connectivity index (χ1) is 13.8. The van der Waals surface area contributed by atoms with Gasteiger partial charge in [0.1, 0.15) is 11.3 Å². The first-order valence-electron chi connectivity index (χ1n) is 8.66. The molecule has 3 rings (SSSR count). The third kappa shape index (κ3) is 3.50. The lowest BCUT2D eigenvalue weighted by molar-refractivity contribution is -0.116. The van der Waals surface area contributed by atoms with E-state index in [-0.39, 0.29) is 17.8 Å².